The molecule has 0 saturated carbocycles. The van der Waals surface area contributed by atoms with Crippen LogP contribution in [0.15, 0.2) is 58.8 Å². The number of nitrogens with zero attached hydrogens (tertiary/aromatic N) is 3. The summed E-state index contributed by atoms with van der Waals surface area (Å²) in [5.41, 5.74) is 4.78. The van der Waals surface area contributed by atoms with E-state index in [1.54, 1.807) is 30.4 Å². The number of carbonyl (C=O) groups excluding carboxylic acids is 2. The Labute approximate surface area is 178 Å². The zero-order valence-electron chi connectivity index (χ0n) is 15.5. The highest BCUT2D eigenvalue weighted by molar-refractivity contribution is 7.18. The number of rotatable bonds is 4. The SMILES string of the molecule is CC1=CC(=O)N(Nc2nc(-c3ccc(F)cc3)nc3scc(-c4cccs4)c23)C1=O. The molecule has 148 valence electrons. The first kappa shape index (κ1) is 18.6. The molecule has 0 fully saturated rings. The molecule has 0 bridgehead atoms. The summed E-state index contributed by atoms with van der Waals surface area (Å²) < 4.78 is 13.4. The van der Waals surface area contributed by atoms with Crippen LogP contribution in [-0.4, -0.2) is 26.8 Å². The summed E-state index contributed by atoms with van der Waals surface area (Å²) in [4.78, 5) is 35.6. The number of thiophene rings is 2. The Morgan fingerprint density at radius 3 is 2.53 bits per heavy atom. The van der Waals surface area contributed by atoms with E-state index >= 15 is 0 Å². The summed E-state index contributed by atoms with van der Waals surface area (Å²) in [6, 6.07) is 9.79. The first-order valence-corrected chi connectivity index (χ1v) is 10.7. The highest BCUT2D eigenvalue weighted by Crippen LogP contribution is 2.40. The lowest BCUT2D eigenvalue weighted by Crippen LogP contribution is -2.36. The summed E-state index contributed by atoms with van der Waals surface area (Å²) in [6.45, 7) is 1.59. The van der Waals surface area contributed by atoms with Crippen molar-refractivity contribution in [1.29, 1.82) is 0 Å². The third kappa shape index (κ3) is 3.08. The maximum absolute atomic E-state index is 13.4. The van der Waals surface area contributed by atoms with Crippen LogP contribution in [0.1, 0.15) is 6.92 Å². The number of hydrogen-bond donors (Lipinski definition) is 1. The molecule has 3 aromatic heterocycles. The molecule has 4 heterocycles. The first-order chi connectivity index (χ1) is 14.5. The minimum Gasteiger partial charge on any atom is -0.271 e. The number of anilines is 1. The Bertz CT molecular complexity index is 1330. The molecule has 0 aliphatic carbocycles. The van der Waals surface area contributed by atoms with Gasteiger partial charge in [-0.2, -0.15) is 5.01 Å². The fourth-order valence-corrected chi connectivity index (χ4v) is 4.93. The summed E-state index contributed by atoms with van der Waals surface area (Å²) >= 11 is 3.01. The normalized spacial score (nSPS) is 13.9. The van der Waals surface area contributed by atoms with E-state index in [4.69, 9.17) is 0 Å². The number of carbonyl (C=O) groups is 2. The van der Waals surface area contributed by atoms with Crippen LogP contribution in [0.5, 0.6) is 0 Å². The second-order valence-corrected chi connectivity index (χ2v) is 8.43. The van der Waals surface area contributed by atoms with Gasteiger partial charge in [-0.3, -0.25) is 15.0 Å². The molecule has 0 atom stereocenters. The average molecular weight is 436 g/mol. The van der Waals surface area contributed by atoms with Crippen molar-refractivity contribution < 1.29 is 14.0 Å². The quantitative estimate of drug-likeness (QED) is 0.462. The Balaban J connectivity index is 1.68. The van der Waals surface area contributed by atoms with Gasteiger partial charge in [0.25, 0.3) is 11.8 Å². The van der Waals surface area contributed by atoms with Gasteiger partial charge >= 0.3 is 0 Å². The molecule has 5 rings (SSSR count). The predicted octanol–water partition coefficient (Wildman–Crippen LogP) is 4.87. The maximum atomic E-state index is 13.4. The van der Waals surface area contributed by atoms with Crippen LogP contribution in [-0.2, 0) is 9.59 Å². The van der Waals surface area contributed by atoms with E-state index < -0.39 is 11.8 Å². The molecule has 0 radical (unpaired) electrons. The molecule has 6 nitrogen and oxygen atoms in total. The standard InChI is InChI=1S/C21H13FN4O2S2/c1-11-9-16(27)26(21(11)28)25-19-17-14(15-3-2-8-29-15)10-30-20(17)24-18(23-19)12-4-6-13(22)7-5-12/h2-10H,1H3,(H,23,24,25). The number of nitrogens with one attached hydrogen (secondary N) is 1. The third-order valence-corrected chi connectivity index (χ3v) is 6.42. The van der Waals surface area contributed by atoms with Crippen molar-refractivity contribution >= 4 is 50.5 Å². The first-order valence-electron chi connectivity index (χ1n) is 8.93. The van der Waals surface area contributed by atoms with Crippen molar-refractivity contribution in [3.63, 3.8) is 0 Å². The lowest BCUT2D eigenvalue weighted by molar-refractivity contribution is -0.135. The monoisotopic (exact) mass is 436 g/mol. The Hall–Kier alpha value is -3.43. The largest absolute Gasteiger partial charge is 0.275 e. The number of halogens is 1. The van der Waals surface area contributed by atoms with Gasteiger partial charge in [-0.15, -0.1) is 22.7 Å². The van der Waals surface area contributed by atoms with Crippen LogP contribution < -0.4 is 5.43 Å². The van der Waals surface area contributed by atoms with Gasteiger partial charge < -0.3 is 0 Å². The molecule has 1 aromatic carbocycles. The molecular weight excluding hydrogens is 423 g/mol. The van der Waals surface area contributed by atoms with Crippen LogP contribution in [0.2, 0.25) is 0 Å². The van der Waals surface area contributed by atoms with Crippen molar-refractivity contribution in [1.82, 2.24) is 15.0 Å². The fourth-order valence-electron chi connectivity index (χ4n) is 3.16. The van der Waals surface area contributed by atoms with Crippen LogP contribution in [0.25, 0.3) is 32.0 Å². The van der Waals surface area contributed by atoms with E-state index in [1.807, 2.05) is 22.9 Å². The maximum Gasteiger partial charge on any atom is 0.275 e. The zero-order valence-corrected chi connectivity index (χ0v) is 17.2. The van der Waals surface area contributed by atoms with Crippen molar-refractivity contribution in [2.45, 2.75) is 6.92 Å². The lowest BCUT2D eigenvalue weighted by atomic mass is 10.1. The summed E-state index contributed by atoms with van der Waals surface area (Å²) in [5, 5.41) is 5.61. The summed E-state index contributed by atoms with van der Waals surface area (Å²) in [5.74, 6) is -0.533. The van der Waals surface area contributed by atoms with Gasteiger partial charge in [0.1, 0.15) is 10.6 Å². The predicted molar refractivity (Wildman–Crippen MR) is 115 cm³/mol. The number of hydrogen-bond acceptors (Lipinski definition) is 7. The van der Waals surface area contributed by atoms with Crippen molar-refractivity contribution in [3.8, 4) is 21.8 Å². The molecule has 0 unspecified atom stereocenters. The minimum absolute atomic E-state index is 0.341. The van der Waals surface area contributed by atoms with E-state index in [1.165, 1.54) is 29.5 Å². The Morgan fingerprint density at radius 2 is 1.87 bits per heavy atom. The topological polar surface area (TPSA) is 75.2 Å². The summed E-state index contributed by atoms with van der Waals surface area (Å²) in [7, 11) is 0. The molecule has 4 aromatic rings. The van der Waals surface area contributed by atoms with Gasteiger partial charge in [-0.1, -0.05) is 6.07 Å². The highest BCUT2D eigenvalue weighted by Gasteiger charge is 2.30. The third-order valence-electron chi connectivity index (χ3n) is 4.64. The molecular formula is C21H13FN4O2S2. The number of benzene rings is 1. The lowest BCUT2D eigenvalue weighted by Gasteiger charge is -2.18. The fraction of sp³-hybridized carbons (Fsp3) is 0.0476. The van der Waals surface area contributed by atoms with Crippen molar-refractivity contribution in [2.75, 3.05) is 5.43 Å². The van der Waals surface area contributed by atoms with Gasteiger partial charge in [-0.05, 0) is 42.6 Å². The van der Waals surface area contributed by atoms with Gasteiger partial charge in [-0.25, -0.2) is 14.4 Å². The van der Waals surface area contributed by atoms with E-state index in [2.05, 4.69) is 15.4 Å². The molecule has 30 heavy (non-hydrogen) atoms. The van der Waals surface area contributed by atoms with Crippen LogP contribution in [0, 0.1) is 5.82 Å². The number of fused-ring (bicyclic) bond motifs is 1. The number of imide groups is 1. The molecule has 1 N–H and O–H groups in total. The van der Waals surface area contributed by atoms with E-state index in [0.717, 1.165) is 20.8 Å². The average Bonchev–Trinajstić information content (AvgIpc) is 3.45. The van der Waals surface area contributed by atoms with E-state index in [-0.39, 0.29) is 5.82 Å². The molecule has 9 heteroatoms. The zero-order chi connectivity index (χ0) is 20.8. The molecule has 1 aliphatic rings. The van der Waals surface area contributed by atoms with Crippen molar-refractivity contribution in [3.05, 3.63) is 64.6 Å². The molecule has 0 saturated heterocycles. The Kier molecular flexibility index (Phi) is 4.41. The highest BCUT2D eigenvalue weighted by atomic mass is 32.1. The van der Waals surface area contributed by atoms with Crippen LogP contribution >= 0.6 is 22.7 Å². The molecule has 2 amide bonds. The van der Waals surface area contributed by atoms with Gasteiger partial charge in [0.2, 0.25) is 0 Å². The second kappa shape index (κ2) is 7.12. The van der Waals surface area contributed by atoms with E-state index in [0.29, 0.717) is 27.6 Å². The number of aromatic nitrogens is 2. The van der Waals surface area contributed by atoms with Gasteiger partial charge in [0.05, 0.1) is 5.39 Å². The Morgan fingerprint density at radius 1 is 1.07 bits per heavy atom. The van der Waals surface area contributed by atoms with Gasteiger partial charge in [0.15, 0.2) is 11.6 Å². The van der Waals surface area contributed by atoms with Crippen LogP contribution in [0.3, 0.4) is 0 Å². The number of hydrazine groups is 1. The number of amides is 2. The summed E-state index contributed by atoms with van der Waals surface area (Å²) in [6.07, 6.45) is 1.28. The van der Waals surface area contributed by atoms with Crippen LogP contribution in [0.4, 0.5) is 10.2 Å². The smallest absolute Gasteiger partial charge is 0.271 e. The van der Waals surface area contributed by atoms with E-state index in [9.17, 15) is 14.0 Å². The van der Waals surface area contributed by atoms with Gasteiger partial charge in [0, 0.05) is 33.0 Å². The van der Waals surface area contributed by atoms with Crippen molar-refractivity contribution in [2.24, 2.45) is 0 Å². The molecule has 1 aliphatic heterocycles. The minimum atomic E-state index is -0.458. The molecule has 0 spiro atoms. The second-order valence-electron chi connectivity index (χ2n) is 6.63.